The van der Waals surface area contributed by atoms with Gasteiger partial charge in [-0.05, 0) is 19.1 Å². The minimum atomic E-state index is -3.72. The van der Waals surface area contributed by atoms with Gasteiger partial charge < -0.3 is 15.2 Å². The first kappa shape index (κ1) is 14.2. The molecule has 2 N–H and O–H groups in total. The zero-order valence-corrected chi connectivity index (χ0v) is 11.9. The van der Waals surface area contributed by atoms with Gasteiger partial charge in [-0.3, -0.25) is 0 Å². The predicted molar refractivity (Wildman–Crippen MR) is 75.4 cm³/mol. The van der Waals surface area contributed by atoms with E-state index in [-0.39, 0.29) is 16.7 Å². The number of ether oxygens (including phenoxy) is 1. The van der Waals surface area contributed by atoms with Crippen LogP contribution in [0.2, 0.25) is 0 Å². The summed E-state index contributed by atoms with van der Waals surface area (Å²) >= 11 is 1.16. The van der Waals surface area contributed by atoms with Crippen molar-refractivity contribution < 1.29 is 18.3 Å². The standard InChI is InChI=1S/C11H14N2O4S2/c1-2-17-8-3-4-9-10(7-8)19(15,16)13-11(12-9)18-6-5-14/h3-4,7,14H,2,5-6H2,1H3,(H,12,13). The van der Waals surface area contributed by atoms with E-state index in [0.29, 0.717) is 23.8 Å². The number of hydrogen-bond donors (Lipinski definition) is 2. The van der Waals surface area contributed by atoms with Gasteiger partial charge in [0.15, 0.2) is 5.17 Å². The highest BCUT2D eigenvalue weighted by molar-refractivity contribution is 8.14. The van der Waals surface area contributed by atoms with Crippen LogP contribution in [-0.4, -0.2) is 37.7 Å². The molecule has 2 rings (SSSR count). The van der Waals surface area contributed by atoms with Gasteiger partial charge in [0.25, 0.3) is 10.0 Å². The maximum absolute atomic E-state index is 12.0. The first-order valence-corrected chi connectivity index (χ1v) is 8.12. The fourth-order valence-corrected chi connectivity index (χ4v) is 3.57. The summed E-state index contributed by atoms with van der Waals surface area (Å²) in [5.41, 5.74) is 0.471. The molecule has 6 nitrogen and oxygen atoms in total. The van der Waals surface area contributed by atoms with Gasteiger partial charge in [0.2, 0.25) is 0 Å². The van der Waals surface area contributed by atoms with Crippen molar-refractivity contribution in [3.63, 3.8) is 0 Å². The minimum Gasteiger partial charge on any atom is -0.494 e. The van der Waals surface area contributed by atoms with E-state index in [9.17, 15) is 8.42 Å². The summed E-state index contributed by atoms with van der Waals surface area (Å²) in [6, 6.07) is 4.80. The van der Waals surface area contributed by atoms with Crippen LogP contribution < -0.4 is 10.1 Å². The van der Waals surface area contributed by atoms with Crippen LogP contribution >= 0.6 is 11.8 Å². The second kappa shape index (κ2) is 5.81. The van der Waals surface area contributed by atoms with Crippen LogP contribution in [-0.2, 0) is 10.0 Å². The Morgan fingerprint density at radius 1 is 1.47 bits per heavy atom. The summed E-state index contributed by atoms with van der Waals surface area (Å²) in [5, 5.41) is 11.9. The van der Waals surface area contributed by atoms with Gasteiger partial charge in [0.1, 0.15) is 10.6 Å². The molecule has 0 radical (unpaired) electrons. The topological polar surface area (TPSA) is 88.0 Å². The highest BCUT2D eigenvalue weighted by atomic mass is 32.2. The summed E-state index contributed by atoms with van der Waals surface area (Å²) in [7, 11) is -3.72. The number of thioether (sulfide) groups is 1. The average Bonchev–Trinajstić information content (AvgIpc) is 2.37. The SMILES string of the molecule is CCOc1ccc2c(c1)S(=O)(=O)N=C(SCCO)N2. The molecule has 0 bridgehead atoms. The van der Waals surface area contributed by atoms with Gasteiger partial charge >= 0.3 is 0 Å². The van der Waals surface area contributed by atoms with Gasteiger partial charge in [0, 0.05) is 11.8 Å². The Bertz CT molecular complexity index is 599. The fraction of sp³-hybridized carbons (Fsp3) is 0.364. The average molecular weight is 302 g/mol. The molecule has 0 saturated carbocycles. The molecule has 1 aliphatic rings. The fourth-order valence-electron chi connectivity index (χ4n) is 1.58. The number of fused-ring (bicyclic) bond motifs is 1. The van der Waals surface area contributed by atoms with Crippen molar-refractivity contribution >= 4 is 32.6 Å². The van der Waals surface area contributed by atoms with Crippen molar-refractivity contribution in [2.45, 2.75) is 11.8 Å². The molecule has 0 fully saturated rings. The Labute approximate surface area is 115 Å². The molecule has 19 heavy (non-hydrogen) atoms. The van der Waals surface area contributed by atoms with Crippen molar-refractivity contribution in [1.29, 1.82) is 0 Å². The second-order valence-electron chi connectivity index (χ2n) is 3.66. The minimum absolute atomic E-state index is 0.0401. The second-order valence-corrected chi connectivity index (χ2v) is 6.32. The van der Waals surface area contributed by atoms with Crippen molar-refractivity contribution in [3.8, 4) is 5.75 Å². The summed E-state index contributed by atoms with van der Waals surface area (Å²) < 4.78 is 33.0. The lowest BCUT2D eigenvalue weighted by atomic mass is 10.3. The van der Waals surface area contributed by atoms with Crippen molar-refractivity contribution in [3.05, 3.63) is 18.2 Å². The maximum atomic E-state index is 12.0. The van der Waals surface area contributed by atoms with E-state index in [1.165, 1.54) is 6.07 Å². The summed E-state index contributed by atoms with van der Waals surface area (Å²) in [4.78, 5) is 0.104. The van der Waals surface area contributed by atoms with Crippen molar-refractivity contribution in [2.24, 2.45) is 4.40 Å². The number of anilines is 1. The molecule has 0 unspecified atom stereocenters. The van der Waals surface area contributed by atoms with Gasteiger partial charge in [0.05, 0.1) is 18.9 Å². The summed E-state index contributed by atoms with van der Waals surface area (Å²) in [6.45, 7) is 2.25. The van der Waals surface area contributed by atoms with Crippen molar-refractivity contribution in [2.75, 3.05) is 24.3 Å². The van der Waals surface area contributed by atoms with Crippen molar-refractivity contribution in [1.82, 2.24) is 0 Å². The van der Waals surface area contributed by atoms with Gasteiger partial charge in [-0.1, -0.05) is 11.8 Å². The summed E-state index contributed by atoms with van der Waals surface area (Å²) in [5.74, 6) is 0.876. The Morgan fingerprint density at radius 3 is 2.95 bits per heavy atom. The predicted octanol–water partition coefficient (Wildman–Crippen LogP) is 1.28. The number of hydrogen-bond acceptors (Lipinski definition) is 6. The molecule has 1 heterocycles. The van der Waals surface area contributed by atoms with Crippen LogP contribution in [0.3, 0.4) is 0 Å². The van der Waals surface area contributed by atoms with Crippen LogP contribution in [0.25, 0.3) is 0 Å². The van der Waals surface area contributed by atoms with E-state index in [0.717, 1.165) is 11.8 Å². The third-order valence-corrected chi connectivity index (χ3v) is 4.60. The summed E-state index contributed by atoms with van der Waals surface area (Å²) in [6.07, 6.45) is 0. The Hall–Kier alpha value is -1.25. The van der Waals surface area contributed by atoms with Gasteiger partial charge in [-0.25, -0.2) is 0 Å². The third-order valence-electron chi connectivity index (χ3n) is 2.32. The number of sulfonamides is 1. The van der Waals surface area contributed by atoms with E-state index in [4.69, 9.17) is 9.84 Å². The Kier molecular flexibility index (Phi) is 4.33. The number of nitrogens with zero attached hydrogens (tertiary/aromatic N) is 1. The first-order chi connectivity index (χ1) is 9.06. The lowest BCUT2D eigenvalue weighted by Gasteiger charge is -2.18. The number of benzene rings is 1. The molecular formula is C11H14N2O4S2. The van der Waals surface area contributed by atoms with E-state index < -0.39 is 10.0 Å². The molecule has 1 aliphatic heterocycles. The van der Waals surface area contributed by atoms with E-state index in [1.807, 2.05) is 6.92 Å². The molecule has 0 atom stereocenters. The molecule has 0 saturated heterocycles. The lowest BCUT2D eigenvalue weighted by Crippen LogP contribution is -2.19. The van der Waals surface area contributed by atoms with Crippen LogP contribution in [0, 0.1) is 0 Å². The molecule has 0 aliphatic carbocycles. The normalized spacial score (nSPS) is 16.2. The number of amidine groups is 1. The van der Waals surface area contributed by atoms with Gasteiger partial charge in [-0.2, -0.15) is 8.42 Å². The molecule has 1 aromatic rings. The van der Waals surface area contributed by atoms with E-state index in [1.54, 1.807) is 12.1 Å². The smallest absolute Gasteiger partial charge is 0.286 e. The van der Waals surface area contributed by atoms with E-state index >= 15 is 0 Å². The number of rotatable bonds is 4. The zero-order valence-electron chi connectivity index (χ0n) is 10.3. The zero-order chi connectivity index (χ0) is 13.9. The van der Waals surface area contributed by atoms with Crippen LogP contribution in [0.1, 0.15) is 6.92 Å². The number of aliphatic hydroxyl groups excluding tert-OH is 1. The van der Waals surface area contributed by atoms with Crippen LogP contribution in [0.15, 0.2) is 27.5 Å². The van der Waals surface area contributed by atoms with E-state index in [2.05, 4.69) is 9.71 Å². The lowest BCUT2D eigenvalue weighted by molar-refractivity contribution is 0.323. The Balaban J connectivity index is 2.34. The molecule has 0 amide bonds. The molecule has 0 spiro atoms. The molecule has 104 valence electrons. The third kappa shape index (κ3) is 3.20. The molecule has 1 aromatic carbocycles. The first-order valence-electron chi connectivity index (χ1n) is 5.69. The quantitative estimate of drug-likeness (QED) is 0.871. The van der Waals surface area contributed by atoms with Crippen LogP contribution in [0.4, 0.5) is 5.69 Å². The number of aliphatic hydroxyl groups is 1. The largest absolute Gasteiger partial charge is 0.494 e. The molecule has 0 aromatic heterocycles. The molecule has 8 heteroatoms. The number of nitrogens with one attached hydrogen (secondary N) is 1. The maximum Gasteiger partial charge on any atom is 0.286 e. The molecular weight excluding hydrogens is 288 g/mol. The highest BCUT2D eigenvalue weighted by Crippen LogP contribution is 2.32. The van der Waals surface area contributed by atoms with Crippen LogP contribution in [0.5, 0.6) is 5.75 Å². The van der Waals surface area contributed by atoms with Gasteiger partial charge in [-0.15, -0.1) is 4.40 Å². The monoisotopic (exact) mass is 302 g/mol. The highest BCUT2D eigenvalue weighted by Gasteiger charge is 2.25. The Morgan fingerprint density at radius 2 is 2.26 bits per heavy atom.